The molecule has 0 saturated heterocycles. The Balaban J connectivity index is 1.61. The molecule has 0 radical (unpaired) electrons. The highest BCUT2D eigenvalue weighted by Gasteiger charge is 2.08. The topological polar surface area (TPSA) is 73.2 Å². The number of carbonyl (C=O) groups is 1. The third-order valence-electron chi connectivity index (χ3n) is 4.30. The third kappa shape index (κ3) is 5.84. The van der Waals surface area contributed by atoms with E-state index in [-0.39, 0.29) is 17.9 Å². The van der Waals surface area contributed by atoms with Crippen molar-refractivity contribution in [2.45, 2.75) is 26.3 Å². The Labute approximate surface area is 184 Å². The van der Waals surface area contributed by atoms with E-state index in [1.807, 2.05) is 31.2 Å². The summed E-state index contributed by atoms with van der Waals surface area (Å²) in [5, 5.41) is 8.04. The minimum absolute atomic E-state index is 0.213. The number of aryl methyl sites for hydroxylation is 1. The second-order valence-electron chi connectivity index (χ2n) is 6.51. The summed E-state index contributed by atoms with van der Waals surface area (Å²) in [5.74, 6) is 0.565. The van der Waals surface area contributed by atoms with Crippen LogP contribution in [0.3, 0.4) is 0 Å². The monoisotopic (exact) mass is 445 g/mol. The Morgan fingerprint density at radius 1 is 1.10 bits per heavy atom. The lowest BCUT2D eigenvalue weighted by molar-refractivity contribution is -0.116. The molecule has 0 atom stereocenters. The zero-order chi connectivity index (χ0) is 21.5. The van der Waals surface area contributed by atoms with Crippen molar-refractivity contribution in [3.8, 4) is 17.0 Å². The van der Waals surface area contributed by atoms with Gasteiger partial charge in [-0.05, 0) is 61.9 Å². The fourth-order valence-corrected chi connectivity index (χ4v) is 3.18. The van der Waals surface area contributed by atoms with Crippen LogP contribution in [0.1, 0.15) is 19.8 Å². The van der Waals surface area contributed by atoms with E-state index in [2.05, 4.69) is 10.4 Å². The van der Waals surface area contributed by atoms with Crippen molar-refractivity contribution in [3.63, 3.8) is 0 Å². The molecule has 0 aliphatic heterocycles. The summed E-state index contributed by atoms with van der Waals surface area (Å²) in [6.07, 6.45) is 0.661. The molecule has 8 heteroatoms. The van der Waals surface area contributed by atoms with E-state index >= 15 is 0 Å². The lowest BCUT2D eigenvalue weighted by atomic mass is 10.1. The minimum atomic E-state index is -0.219. The van der Waals surface area contributed by atoms with Crippen LogP contribution in [-0.2, 0) is 11.3 Å². The molecule has 0 spiro atoms. The Bertz CT molecular complexity index is 1080. The molecule has 0 fully saturated rings. The largest absolute Gasteiger partial charge is 0.494 e. The first-order valence-electron chi connectivity index (χ1n) is 9.52. The van der Waals surface area contributed by atoms with Gasteiger partial charge in [-0.3, -0.25) is 9.59 Å². The molecule has 6 nitrogen and oxygen atoms in total. The Kier molecular flexibility index (Phi) is 7.49. The number of benzene rings is 2. The molecule has 156 valence electrons. The van der Waals surface area contributed by atoms with Crippen LogP contribution in [0.4, 0.5) is 5.69 Å². The van der Waals surface area contributed by atoms with Crippen molar-refractivity contribution in [2.24, 2.45) is 0 Å². The van der Waals surface area contributed by atoms with Gasteiger partial charge in [0, 0.05) is 29.6 Å². The third-order valence-corrected chi connectivity index (χ3v) is 4.87. The van der Waals surface area contributed by atoms with E-state index in [0.717, 1.165) is 11.3 Å². The lowest BCUT2D eigenvalue weighted by Gasteiger charge is -2.09. The van der Waals surface area contributed by atoms with E-state index < -0.39 is 0 Å². The molecule has 2 aromatic carbocycles. The summed E-state index contributed by atoms with van der Waals surface area (Å²) >= 11 is 12.0. The molecule has 1 amide bonds. The van der Waals surface area contributed by atoms with Gasteiger partial charge in [0.1, 0.15) is 5.75 Å². The van der Waals surface area contributed by atoms with Gasteiger partial charge in [0.05, 0.1) is 23.0 Å². The molecule has 1 aromatic heterocycles. The van der Waals surface area contributed by atoms with Gasteiger partial charge in [0.25, 0.3) is 5.56 Å². The van der Waals surface area contributed by atoms with Crippen LogP contribution in [0.2, 0.25) is 10.0 Å². The molecule has 0 bridgehead atoms. The maximum atomic E-state index is 12.2. The predicted octanol–water partition coefficient (Wildman–Crippen LogP) is 5.03. The lowest BCUT2D eigenvalue weighted by Crippen LogP contribution is -2.23. The molecular formula is C22H21Cl2N3O3. The molecule has 1 heterocycles. The number of halogens is 2. The molecular weight excluding hydrogens is 425 g/mol. The maximum absolute atomic E-state index is 12.2. The number of aromatic nitrogens is 2. The fraction of sp³-hybridized carbons (Fsp3) is 0.227. The minimum Gasteiger partial charge on any atom is -0.494 e. The van der Waals surface area contributed by atoms with Crippen LogP contribution in [-0.4, -0.2) is 22.3 Å². The highest BCUT2D eigenvalue weighted by Crippen LogP contribution is 2.25. The van der Waals surface area contributed by atoms with Gasteiger partial charge in [-0.2, -0.15) is 5.10 Å². The average Bonchev–Trinajstić information content (AvgIpc) is 2.73. The highest BCUT2D eigenvalue weighted by atomic mass is 35.5. The van der Waals surface area contributed by atoms with Crippen LogP contribution >= 0.6 is 23.2 Å². The van der Waals surface area contributed by atoms with Crippen molar-refractivity contribution in [1.29, 1.82) is 0 Å². The second-order valence-corrected chi connectivity index (χ2v) is 7.36. The zero-order valence-corrected chi connectivity index (χ0v) is 17.9. The Morgan fingerprint density at radius 3 is 2.60 bits per heavy atom. The average molecular weight is 446 g/mol. The number of nitrogens with one attached hydrogen (secondary N) is 1. The number of hydrogen-bond donors (Lipinski definition) is 1. The second kappa shape index (κ2) is 10.3. The number of nitrogens with zero attached hydrogens (tertiary/aromatic N) is 2. The smallest absolute Gasteiger partial charge is 0.266 e. The van der Waals surface area contributed by atoms with Gasteiger partial charge >= 0.3 is 0 Å². The van der Waals surface area contributed by atoms with Crippen LogP contribution in [0.25, 0.3) is 11.3 Å². The van der Waals surface area contributed by atoms with Gasteiger partial charge in [0.2, 0.25) is 5.91 Å². The molecule has 0 unspecified atom stereocenters. The molecule has 3 aromatic rings. The predicted molar refractivity (Wildman–Crippen MR) is 119 cm³/mol. The number of rotatable bonds is 8. The molecule has 0 aliphatic carbocycles. The van der Waals surface area contributed by atoms with E-state index in [1.54, 1.807) is 24.3 Å². The Morgan fingerprint density at radius 2 is 1.87 bits per heavy atom. The van der Waals surface area contributed by atoms with Crippen molar-refractivity contribution in [1.82, 2.24) is 9.78 Å². The van der Waals surface area contributed by atoms with Crippen molar-refractivity contribution in [2.75, 3.05) is 11.9 Å². The summed E-state index contributed by atoms with van der Waals surface area (Å²) in [4.78, 5) is 24.3. The van der Waals surface area contributed by atoms with Crippen LogP contribution in [0.15, 0.2) is 59.4 Å². The van der Waals surface area contributed by atoms with Gasteiger partial charge in [-0.1, -0.05) is 23.2 Å². The zero-order valence-electron chi connectivity index (χ0n) is 16.4. The maximum Gasteiger partial charge on any atom is 0.266 e. The fourth-order valence-electron chi connectivity index (χ4n) is 2.85. The van der Waals surface area contributed by atoms with Crippen molar-refractivity contribution in [3.05, 3.63) is 75.0 Å². The standard InChI is InChI=1S/C22H21Cl2N3O3/c1-2-30-17-8-5-15(6-9-17)19-11-12-22(29)27(26-19)13-3-4-21(28)25-20-14-16(23)7-10-18(20)24/h5-12,14H,2-4,13H2,1H3,(H,25,28). The first kappa shape index (κ1) is 21.9. The van der Waals surface area contributed by atoms with Crippen molar-refractivity contribution >= 4 is 34.8 Å². The first-order valence-corrected chi connectivity index (χ1v) is 10.3. The van der Waals surface area contributed by atoms with E-state index in [0.29, 0.717) is 41.0 Å². The molecule has 3 rings (SSSR count). The molecule has 0 saturated carbocycles. The quantitative estimate of drug-likeness (QED) is 0.527. The Hall–Kier alpha value is -2.83. The number of hydrogen-bond acceptors (Lipinski definition) is 4. The van der Waals surface area contributed by atoms with Crippen LogP contribution in [0, 0.1) is 0 Å². The summed E-state index contributed by atoms with van der Waals surface area (Å²) in [6, 6.07) is 15.5. The van der Waals surface area contributed by atoms with Gasteiger partial charge in [-0.25, -0.2) is 4.68 Å². The number of anilines is 1. The highest BCUT2D eigenvalue weighted by molar-refractivity contribution is 6.35. The van der Waals surface area contributed by atoms with E-state index in [1.165, 1.54) is 10.7 Å². The summed E-state index contributed by atoms with van der Waals surface area (Å²) in [5.41, 5.74) is 1.79. The molecule has 0 aliphatic rings. The normalized spacial score (nSPS) is 10.6. The molecule has 30 heavy (non-hydrogen) atoms. The van der Waals surface area contributed by atoms with Crippen LogP contribution < -0.4 is 15.6 Å². The van der Waals surface area contributed by atoms with Gasteiger partial charge in [-0.15, -0.1) is 0 Å². The summed E-state index contributed by atoms with van der Waals surface area (Å²) < 4.78 is 6.81. The number of amides is 1. The van der Waals surface area contributed by atoms with Crippen LogP contribution in [0.5, 0.6) is 5.75 Å². The first-order chi connectivity index (χ1) is 14.5. The summed E-state index contributed by atoms with van der Waals surface area (Å²) in [6.45, 7) is 2.84. The van der Waals surface area contributed by atoms with E-state index in [9.17, 15) is 9.59 Å². The molecule has 1 N–H and O–H groups in total. The SMILES string of the molecule is CCOc1ccc(-c2ccc(=O)n(CCCC(=O)Nc3cc(Cl)ccc3Cl)n2)cc1. The van der Waals surface area contributed by atoms with Crippen molar-refractivity contribution < 1.29 is 9.53 Å². The number of carbonyl (C=O) groups excluding carboxylic acids is 1. The van der Waals surface area contributed by atoms with Gasteiger partial charge < -0.3 is 10.1 Å². The van der Waals surface area contributed by atoms with E-state index in [4.69, 9.17) is 27.9 Å². The summed E-state index contributed by atoms with van der Waals surface area (Å²) in [7, 11) is 0. The number of ether oxygens (including phenoxy) is 1. The van der Waals surface area contributed by atoms with Gasteiger partial charge in [0.15, 0.2) is 0 Å².